The van der Waals surface area contributed by atoms with Gasteiger partial charge in [0.1, 0.15) is 5.75 Å². The smallest absolute Gasteiger partial charge is 0.251 e. The predicted octanol–water partition coefficient (Wildman–Crippen LogP) is 1.79. The van der Waals surface area contributed by atoms with Gasteiger partial charge in [0.15, 0.2) is 0 Å². The monoisotopic (exact) mass is 404 g/mol. The van der Waals surface area contributed by atoms with Crippen molar-refractivity contribution in [2.24, 2.45) is 0 Å². The van der Waals surface area contributed by atoms with Crippen molar-refractivity contribution in [1.29, 1.82) is 0 Å². The number of methoxy groups -OCH3 is 1. The molecule has 8 heteroatoms. The molecule has 1 saturated heterocycles. The standard InChI is InChI=1S/C20H24N2O5S/c1-26-19-8-4-7-16(13-19)20(23)21-14-17-5-2-3-6-18(17)15-28(24,25)22-9-11-27-12-10-22/h2-8,13H,9-12,14-15H2,1H3,(H,21,23). The normalized spacial score (nSPS) is 15.2. The molecule has 1 aliphatic heterocycles. The van der Waals surface area contributed by atoms with Gasteiger partial charge in [0.2, 0.25) is 10.0 Å². The van der Waals surface area contributed by atoms with Crippen LogP contribution in [0, 0.1) is 0 Å². The number of nitrogens with zero attached hydrogens (tertiary/aromatic N) is 1. The Morgan fingerprint density at radius 2 is 1.82 bits per heavy atom. The quantitative estimate of drug-likeness (QED) is 0.761. The van der Waals surface area contributed by atoms with Crippen LogP contribution in [-0.4, -0.2) is 52.0 Å². The molecule has 28 heavy (non-hydrogen) atoms. The summed E-state index contributed by atoms with van der Waals surface area (Å²) >= 11 is 0. The van der Waals surface area contributed by atoms with Gasteiger partial charge in [-0.25, -0.2) is 8.42 Å². The third kappa shape index (κ3) is 5.09. The van der Waals surface area contributed by atoms with Gasteiger partial charge in [0, 0.05) is 25.2 Å². The van der Waals surface area contributed by atoms with E-state index in [4.69, 9.17) is 9.47 Å². The summed E-state index contributed by atoms with van der Waals surface area (Å²) in [6.07, 6.45) is 0. The maximum Gasteiger partial charge on any atom is 0.251 e. The largest absolute Gasteiger partial charge is 0.497 e. The molecule has 3 rings (SSSR count). The molecule has 1 aliphatic rings. The van der Waals surface area contributed by atoms with Crippen LogP contribution in [0.4, 0.5) is 0 Å². The Bertz CT molecular complexity index is 924. The van der Waals surface area contributed by atoms with Crippen molar-refractivity contribution in [3.8, 4) is 5.75 Å². The zero-order chi connectivity index (χ0) is 20.0. The highest BCUT2D eigenvalue weighted by Crippen LogP contribution is 2.17. The summed E-state index contributed by atoms with van der Waals surface area (Å²) < 4.78 is 37.2. The minimum absolute atomic E-state index is 0.0990. The van der Waals surface area contributed by atoms with E-state index < -0.39 is 10.0 Å². The molecular weight excluding hydrogens is 380 g/mol. The van der Waals surface area contributed by atoms with Crippen LogP contribution in [0.25, 0.3) is 0 Å². The maximum atomic E-state index is 12.7. The molecule has 7 nitrogen and oxygen atoms in total. The van der Waals surface area contributed by atoms with Crippen LogP contribution < -0.4 is 10.1 Å². The van der Waals surface area contributed by atoms with Gasteiger partial charge in [-0.1, -0.05) is 30.3 Å². The van der Waals surface area contributed by atoms with Gasteiger partial charge in [0.05, 0.1) is 26.1 Å². The second-order valence-electron chi connectivity index (χ2n) is 6.45. The SMILES string of the molecule is COc1cccc(C(=O)NCc2ccccc2CS(=O)(=O)N2CCOCC2)c1. The van der Waals surface area contributed by atoms with Crippen LogP contribution in [0.5, 0.6) is 5.75 Å². The van der Waals surface area contributed by atoms with Crippen LogP contribution in [0.2, 0.25) is 0 Å². The fourth-order valence-corrected chi connectivity index (χ4v) is 4.59. The molecule has 0 unspecified atom stereocenters. The lowest BCUT2D eigenvalue weighted by Crippen LogP contribution is -2.41. The van der Waals surface area contributed by atoms with Crippen LogP contribution in [-0.2, 0) is 27.1 Å². The van der Waals surface area contributed by atoms with E-state index in [2.05, 4.69) is 5.32 Å². The Labute approximate surface area is 165 Å². The molecule has 0 bridgehead atoms. The summed E-state index contributed by atoms with van der Waals surface area (Å²) in [7, 11) is -1.89. The Morgan fingerprint density at radius 1 is 1.11 bits per heavy atom. The molecule has 1 heterocycles. The number of hydrogen-bond acceptors (Lipinski definition) is 5. The molecule has 150 valence electrons. The van der Waals surface area contributed by atoms with E-state index in [1.807, 2.05) is 12.1 Å². The number of carbonyl (C=O) groups is 1. The molecule has 1 N–H and O–H groups in total. The first-order valence-corrected chi connectivity index (χ1v) is 10.6. The molecule has 0 atom stereocenters. The topological polar surface area (TPSA) is 84.9 Å². The lowest BCUT2D eigenvalue weighted by atomic mass is 10.1. The highest BCUT2D eigenvalue weighted by molar-refractivity contribution is 7.88. The van der Waals surface area contributed by atoms with Crippen molar-refractivity contribution in [3.63, 3.8) is 0 Å². The molecular formula is C20H24N2O5S. The number of nitrogens with one attached hydrogen (secondary N) is 1. The lowest BCUT2D eigenvalue weighted by molar-refractivity contribution is 0.0729. The Balaban J connectivity index is 1.69. The molecule has 1 fully saturated rings. The number of benzene rings is 2. The molecule has 1 amide bonds. The molecule has 2 aromatic carbocycles. The van der Waals surface area contributed by atoms with Gasteiger partial charge in [-0.2, -0.15) is 4.31 Å². The van der Waals surface area contributed by atoms with Gasteiger partial charge >= 0.3 is 0 Å². The van der Waals surface area contributed by atoms with Gasteiger partial charge in [0.25, 0.3) is 5.91 Å². The highest BCUT2D eigenvalue weighted by Gasteiger charge is 2.25. The first-order chi connectivity index (χ1) is 13.5. The number of rotatable bonds is 7. The fraction of sp³-hybridized carbons (Fsp3) is 0.350. The molecule has 2 aromatic rings. The Kier molecular flexibility index (Phi) is 6.66. The summed E-state index contributed by atoms with van der Waals surface area (Å²) in [6.45, 7) is 1.81. The van der Waals surface area contributed by atoms with Crippen LogP contribution in [0.1, 0.15) is 21.5 Å². The molecule has 0 radical (unpaired) electrons. The first kappa shape index (κ1) is 20.3. The minimum atomic E-state index is -3.43. The molecule has 0 saturated carbocycles. The number of morpholine rings is 1. The van der Waals surface area contributed by atoms with Crippen LogP contribution >= 0.6 is 0 Å². The van der Waals surface area contributed by atoms with Crippen molar-refractivity contribution in [1.82, 2.24) is 9.62 Å². The highest BCUT2D eigenvalue weighted by atomic mass is 32.2. The number of sulfonamides is 1. The Morgan fingerprint density at radius 3 is 2.54 bits per heavy atom. The minimum Gasteiger partial charge on any atom is -0.497 e. The number of carbonyl (C=O) groups excluding carboxylic acids is 1. The first-order valence-electron chi connectivity index (χ1n) is 9.04. The van der Waals surface area contributed by atoms with Gasteiger partial charge in [-0.05, 0) is 29.3 Å². The van der Waals surface area contributed by atoms with Crippen molar-refractivity contribution in [3.05, 3.63) is 65.2 Å². The molecule has 0 spiro atoms. The van der Waals surface area contributed by atoms with Crippen molar-refractivity contribution < 1.29 is 22.7 Å². The van der Waals surface area contributed by atoms with Crippen LogP contribution in [0.15, 0.2) is 48.5 Å². The summed E-state index contributed by atoms with van der Waals surface area (Å²) in [5.41, 5.74) is 1.94. The van der Waals surface area contributed by atoms with Crippen molar-refractivity contribution >= 4 is 15.9 Å². The third-order valence-corrected chi connectivity index (χ3v) is 6.42. The summed E-state index contributed by atoms with van der Waals surface area (Å²) in [6, 6.07) is 14.1. The zero-order valence-electron chi connectivity index (χ0n) is 15.8. The van der Waals surface area contributed by atoms with E-state index in [9.17, 15) is 13.2 Å². The lowest BCUT2D eigenvalue weighted by Gasteiger charge is -2.26. The number of hydrogen-bond donors (Lipinski definition) is 1. The second-order valence-corrected chi connectivity index (χ2v) is 8.42. The van der Waals surface area contributed by atoms with Gasteiger partial charge < -0.3 is 14.8 Å². The predicted molar refractivity (Wildman–Crippen MR) is 106 cm³/mol. The zero-order valence-corrected chi connectivity index (χ0v) is 16.6. The van der Waals surface area contributed by atoms with E-state index in [0.29, 0.717) is 43.2 Å². The van der Waals surface area contributed by atoms with E-state index in [1.54, 1.807) is 43.5 Å². The van der Waals surface area contributed by atoms with Crippen molar-refractivity contribution in [2.75, 3.05) is 33.4 Å². The summed E-state index contributed by atoms with van der Waals surface area (Å²) in [5.74, 6) is 0.257. The van der Waals surface area contributed by atoms with Gasteiger partial charge in [-0.3, -0.25) is 4.79 Å². The summed E-state index contributed by atoms with van der Waals surface area (Å²) in [4.78, 5) is 12.4. The Hall–Kier alpha value is -2.42. The van der Waals surface area contributed by atoms with E-state index >= 15 is 0 Å². The third-order valence-electron chi connectivity index (χ3n) is 4.59. The second kappa shape index (κ2) is 9.18. The van der Waals surface area contributed by atoms with E-state index in [0.717, 1.165) is 5.56 Å². The average molecular weight is 404 g/mol. The average Bonchev–Trinajstić information content (AvgIpc) is 2.73. The van der Waals surface area contributed by atoms with E-state index in [1.165, 1.54) is 4.31 Å². The fourth-order valence-electron chi connectivity index (χ4n) is 3.03. The van der Waals surface area contributed by atoms with Gasteiger partial charge in [-0.15, -0.1) is 0 Å². The van der Waals surface area contributed by atoms with Crippen molar-refractivity contribution in [2.45, 2.75) is 12.3 Å². The summed E-state index contributed by atoms with van der Waals surface area (Å²) in [5, 5.41) is 2.85. The van der Waals surface area contributed by atoms with E-state index in [-0.39, 0.29) is 18.2 Å². The maximum absolute atomic E-state index is 12.7. The van der Waals surface area contributed by atoms with Crippen LogP contribution in [0.3, 0.4) is 0 Å². The molecule has 0 aromatic heterocycles. The number of amides is 1. The molecule has 0 aliphatic carbocycles. The number of ether oxygens (including phenoxy) is 2.